The summed E-state index contributed by atoms with van der Waals surface area (Å²) in [7, 11) is 1.98. The normalized spacial score (nSPS) is 24.2. The maximum atomic E-state index is 13.6. The van der Waals surface area contributed by atoms with E-state index >= 15 is 0 Å². The van der Waals surface area contributed by atoms with E-state index in [9.17, 15) is 14.4 Å². The van der Waals surface area contributed by atoms with Crippen molar-refractivity contribution >= 4 is 29.2 Å². The number of carbonyl (C=O) groups excluding carboxylic acids is 3. The SMILES string of the molecule is CC(C)[C@@H]1C(=O)N(CC(=O)Nc2ccc3c(c2)C[C@@]2(C3)C(=O)Nc3ncccc32)[C@H](c2ccccc2)CN1C. The molecule has 200 valence electrons. The van der Waals surface area contributed by atoms with Gasteiger partial charge in [-0.3, -0.25) is 19.3 Å². The molecule has 0 unspecified atom stereocenters. The minimum absolute atomic E-state index is 0.0294. The largest absolute Gasteiger partial charge is 0.325 e. The molecule has 2 N–H and O–H groups in total. The lowest BCUT2D eigenvalue weighted by Gasteiger charge is -2.45. The molecule has 1 spiro atoms. The number of anilines is 2. The Bertz CT molecular complexity index is 1460. The number of pyridine rings is 1. The molecule has 0 saturated carbocycles. The molecule has 3 amide bonds. The molecule has 2 aliphatic heterocycles. The van der Waals surface area contributed by atoms with Gasteiger partial charge in [-0.05, 0) is 60.7 Å². The third-order valence-corrected chi connectivity index (χ3v) is 8.44. The lowest BCUT2D eigenvalue weighted by molar-refractivity contribution is -0.149. The molecule has 1 saturated heterocycles. The second-order valence-corrected chi connectivity index (χ2v) is 11.3. The van der Waals surface area contributed by atoms with E-state index in [1.165, 1.54) is 0 Å². The van der Waals surface area contributed by atoms with E-state index < -0.39 is 5.41 Å². The Balaban J connectivity index is 1.21. The van der Waals surface area contributed by atoms with E-state index in [1.54, 1.807) is 11.1 Å². The van der Waals surface area contributed by atoms with Crippen molar-refractivity contribution in [2.75, 3.05) is 30.8 Å². The van der Waals surface area contributed by atoms with Gasteiger partial charge in [0.15, 0.2) is 0 Å². The number of piperazine rings is 1. The molecule has 8 nitrogen and oxygen atoms in total. The number of nitrogens with one attached hydrogen (secondary N) is 2. The van der Waals surface area contributed by atoms with Crippen LogP contribution >= 0.6 is 0 Å². The standard InChI is InChI=1S/C31H33N5O3/c1-19(2)27-29(38)36(25(17-35(27)3)20-8-5-4-6-9-20)18-26(37)33-23-12-11-21-15-31(16-22(21)14-23)24-10-7-13-32-28(24)34-30(31)39/h4-14,19,25,27H,15-18H2,1-3H3,(H,33,37)(H,32,34,39)/t25-,27+,31+/m0/s1. The van der Waals surface area contributed by atoms with Gasteiger partial charge >= 0.3 is 0 Å². The molecule has 6 rings (SSSR count). The zero-order valence-corrected chi connectivity index (χ0v) is 22.5. The van der Waals surface area contributed by atoms with E-state index in [0.717, 1.165) is 22.3 Å². The molecule has 3 atom stereocenters. The summed E-state index contributed by atoms with van der Waals surface area (Å²) in [6, 6.07) is 19.1. The first-order chi connectivity index (χ1) is 18.8. The van der Waals surface area contributed by atoms with Crippen molar-refractivity contribution in [1.29, 1.82) is 0 Å². The molecule has 3 aromatic rings. The topological polar surface area (TPSA) is 94.6 Å². The Hall–Kier alpha value is -4.04. The molecular formula is C31H33N5O3. The lowest BCUT2D eigenvalue weighted by atomic mass is 9.79. The highest BCUT2D eigenvalue weighted by molar-refractivity contribution is 6.06. The van der Waals surface area contributed by atoms with Gasteiger partial charge in [0.1, 0.15) is 12.4 Å². The smallest absolute Gasteiger partial charge is 0.244 e. The van der Waals surface area contributed by atoms with Crippen LogP contribution in [0.15, 0.2) is 66.9 Å². The third kappa shape index (κ3) is 4.29. The van der Waals surface area contributed by atoms with Gasteiger partial charge in [0.25, 0.3) is 0 Å². The molecular weight excluding hydrogens is 490 g/mol. The number of nitrogens with zero attached hydrogens (tertiary/aromatic N) is 3. The van der Waals surface area contributed by atoms with Gasteiger partial charge in [0.2, 0.25) is 17.7 Å². The molecule has 0 bridgehead atoms. The Morgan fingerprint density at radius 2 is 1.85 bits per heavy atom. The first kappa shape index (κ1) is 25.2. The molecule has 3 aliphatic rings. The Morgan fingerprint density at radius 1 is 1.08 bits per heavy atom. The van der Waals surface area contributed by atoms with E-state index in [4.69, 9.17) is 0 Å². The number of amides is 3. The summed E-state index contributed by atoms with van der Waals surface area (Å²) in [5.74, 6) is 0.462. The minimum Gasteiger partial charge on any atom is -0.325 e. The van der Waals surface area contributed by atoms with Crippen LogP contribution in [0, 0.1) is 5.92 Å². The lowest BCUT2D eigenvalue weighted by Crippen LogP contribution is -2.59. The van der Waals surface area contributed by atoms with Crippen molar-refractivity contribution in [3.05, 3.63) is 89.1 Å². The quantitative estimate of drug-likeness (QED) is 0.534. The number of benzene rings is 2. The van der Waals surface area contributed by atoms with Crippen LogP contribution in [0.25, 0.3) is 0 Å². The van der Waals surface area contributed by atoms with Gasteiger partial charge in [-0.25, -0.2) is 4.98 Å². The zero-order valence-electron chi connectivity index (χ0n) is 22.5. The van der Waals surface area contributed by atoms with Crippen molar-refractivity contribution in [3.63, 3.8) is 0 Å². The Morgan fingerprint density at radius 3 is 2.62 bits per heavy atom. The maximum Gasteiger partial charge on any atom is 0.244 e. The molecule has 1 aliphatic carbocycles. The number of hydrogen-bond acceptors (Lipinski definition) is 5. The monoisotopic (exact) mass is 523 g/mol. The fourth-order valence-corrected chi connectivity index (χ4v) is 6.64. The number of likely N-dealkylation sites (N-methyl/N-ethyl adjacent to an activating group) is 1. The van der Waals surface area contributed by atoms with E-state index in [2.05, 4.69) is 20.5 Å². The van der Waals surface area contributed by atoms with Crippen molar-refractivity contribution in [2.24, 2.45) is 5.92 Å². The zero-order chi connectivity index (χ0) is 27.3. The van der Waals surface area contributed by atoms with Crippen LogP contribution in [-0.2, 0) is 32.6 Å². The Labute approximate surface area is 228 Å². The van der Waals surface area contributed by atoms with Crippen LogP contribution in [-0.4, -0.2) is 58.7 Å². The first-order valence-electron chi connectivity index (χ1n) is 13.5. The molecule has 1 aromatic heterocycles. The number of rotatable bonds is 5. The molecule has 39 heavy (non-hydrogen) atoms. The maximum absolute atomic E-state index is 13.6. The van der Waals surface area contributed by atoms with Crippen molar-refractivity contribution < 1.29 is 14.4 Å². The average Bonchev–Trinajstić information content (AvgIpc) is 3.43. The fourth-order valence-electron chi connectivity index (χ4n) is 6.64. The fraction of sp³-hybridized carbons (Fsp3) is 0.355. The second-order valence-electron chi connectivity index (χ2n) is 11.3. The average molecular weight is 524 g/mol. The highest BCUT2D eigenvalue weighted by Gasteiger charge is 2.51. The summed E-state index contributed by atoms with van der Waals surface area (Å²) < 4.78 is 0. The number of carbonyl (C=O) groups is 3. The van der Waals surface area contributed by atoms with Gasteiger partial charge in [-0.2, -0.15) is 0 Å². The van der Waals surface area contributed by atoms with Crippen molar-refractivity contribution in [1.82, 2.24) is 14.8 Å². The van der Waals surface area contributed by atoms with Crippen LogP contribution in [0.5, 0.6) is 0 Å². The molecule has 2 aromatic carbocycles. The highest BCUT2D eigenvalue weighted by atomic mass is 16.2. The van der Waals surface area contributed by atoms with Crippen molar-refractivity contribution in [3.8, 4) is 0 Å². The predicted molar refractivity (Wildman–Crippen MR) is 149 cm³/mol. The van der Waals surface area contributed by atoms with Crippen LogP contribution in [0.4, 0.5) is 11.5 Å². The highest BCUT2D eigenvalue weighted by Crippen LogP contribution is 2.47. The van der Waals surface area contributed by atoms with E-state index in [0.29, 0.717) is 30.9 Å². The van der Waals surface area contributed by atoms with Gasteiger partial charge in [0.05, 0.1) is 17.5 Å². The predicted octanol–water partition coefficient (Wildman–Crippen LogP) is 3.55. The van der Waals surface area contributed by atoms with Gasteiger partial charge in [-0.15, -0.1) is 0 Å². The molecule has 3 heterocycles. The Kier molecular flexibility index (Phi) is 6.22. The number of fused-ring (bicyclic) bond motifs is 3. The summed E-state index contributed by atoms with van der Waals surface area (Å²) in [5, 5.41) is 5.95. The van der Waals surface area contributed by atoms with Crippen LogP contribution in [0.2, 0.25) is 0 Å². The first-order valence-corrected chi connectivity index (χ1v) is 13.5. The number of aromatic nitrogens is 1. The van der Waals surface area contributed by atoms with Crippen LogP contribution in [0.1, 0.15) is 42.1 Å². The van der Waals surface area contributed by atoms with Gasteiger partial charge in [-0.1, -0.05) is 56.3 Å². The minimum atomic E-state index is -0.657. The molecule has 0 radical (unpaired) electrons. The summed E-state index contributed by atoms with van der Waals surface area (Å²) >= 11 is 0. The summed E-state index contributed by atoms with van der Waals surface area (Å²) in [6.45, 7) is 4.70. The molecule has 1 fully saturated rings. The second kappa shape index (κ2) is 9.61. The summed E-state index contributed by atoms with van der Waals surface area (Å²) in [6.07, 6.45) is 2.84. The van der Waals surface area contributed by atoms with Crippen LogP contribution < -0.4 is 10.6 Å². The van der Waals surface area contributed by atoms with Gasteiger partial charge in [0, 0.05) is 24.0 Å². The van der Waals surface area contributed by atoms with Crippen LogP contribution in [0.3, 0.4) is 0 Å². The number of hydrogen-bond donors (Lipinski definition) is 2. The summed E-state index contributed by atoms with van der Waals surface area (Å²) in [5.41, 5.74) is 4.08. The summed E-state index contributed by atoms with van der Waals surface area (Å²) in [4.78, 5) is 48.2. The molecule has 8 heteroatoms. The van der Waals surface area contributed by atoms with E-state index in [-0.39, 0.29) is 42.3 Å². The third-order valence-electron chi connectivity index (χ3n) is 8.44. The van der Waals surface area contributed by atoms with Crippen molar-refractivity contribution in [2.45, 2.75) is 44.2 Å². The van der Waals surface area contributed by atoms with E-state index in [1.807, 2.05) is 81.6 Å². The van der Waals surface area contributed by atoms with Gasteiger partial charge < -0.3 is 15.5 Å².